The molecule has 0 bridgehead atoms. The SMILES string of the molecule is Cc1noc2ncnc(NC3C(N)C4CCCOC43)c12. The number of ether oxygens (including phenoxy) is 1. The van der Waals surface area contributed by atoms with Crippen molar-refractivity contribution in [3.05, 3.63) is 12.0 Å². The summed E-state index contributed by atoms with van der Waals surface area (Å²) in [6, 6.07) is 0.193. The minimum Gasteiger partial charge on any atom is -0.376 e. The minimum atomic E-state index is 0.0905. The molecule has 3 N–H and O–H groups in total. The molecule has 2 fully saturated rings. The maximum absolute atomic E-state index is 6.26. The Morgan fingerprint density at radius 3 is 3.20 bits per heavy atom. The average molecular weight is 275 g/mol. The Bertz CT molecular complexity index is 643. The molecule has 1 saturated carbocycles. The Labute approximate surface area is 115 Å². The molecule has 1 aliphatic carbocycles. The molecule has 1 aliphatic heterocycles. The van der Waals surface area contributed by atoms with E-state index in [1.807, 2.05) is 6.92 Å². The largest absolute Gasteiger partial charge is 0.376 e. The van der Waals surface area contributed by atoms with Gasteiger partial charge in [-0.3, -0.25) is 0 Å². The molecular weight excluding hydrogens is 258 g/mol. The fourth-order valence-electron chi connectivity index (χ4n) is 3.32. The summed E-state index contributed by atoms with van der Waals surface area (Å²) in [4.78, 5) is 8.37. The lowest BCUT2D eigenvalue weighted by atomic mass is 9.68. The molecule has 3 heterocycles. The smallest absolute Gasteiger partial charge is 0.263 e. The number of fused-ring (bicyclic) bond motifs is 2. The number of nitrogens with two attached hydrogens (primary N) is 1. The second-order valence-corrected chi connectivity index (χ2v) is 5.56. The summed E-state index contributed by atoms with van der Waals surface area (Å²) in [5.74, 6) is 1.18. The van der Waals surface area contributed by atoms with Crippen molar-refractivity contribution in [1.29, 1.82) is 0 Å². The highest BCUT2D eigenvalue weighted by Gasteiger charge is 2.50. The summed E-state index contributed by atoms with van der Waals surface area (Å²) in [5, 5.41) is 8.14. The summed E-state index contributed by atoms with van der Waals surface area (Å²) < 4.78 is 11.0. The molecule has 2 aromatic heterocycles. The molecule has 4 rings (SSSR count). The van der Waals surface area contributed by atoms with E-state index in [-0.39, 0.29) is 18.2 Å². The van der Waals surface area contributed by atoms with E-state index in [0.29, 0.717) is 11.6 Å². The van der Waals surface area contributed by atoms with Gasteiger partial charge in [-0.25, -0.2) is 4.98 Å². The van der Waals surface area contributed by atoms with Gasteiger partial charge in [-0.05, 0) is 19.8 Å². The van der Waals surface area contributed by atoms with E-state index in [0.717, 1.165) is 36.3 Å². The molecule has 4 unspecified atom stereocenters. The molecule has 2 aromatic rings. The summed E-state index contributed by atoms with van der Waals surface area (Å²) >= 11 is 0. The number of nitrogens with zero attached hydrogens (tertiary/aromatic N) is 3. The third-order valence-electron chi connectivity index (χ3n) is 4.42. The van der Waals surface area contributed by atoms with Crippen LogP contribution < -0.4 is 11.1 Å². The minimum absolute atomic E-state index is 0.0905. The van der Waals surface area contributed by atoms with Crippen molar-refractivity contribution >= 4 is 16.9 Å². The molecule has 4 atom stereocenters. The van der Waals surface area contributed by atoms with Gasteiger partial charge in [0, 0.05) is 18.6 Å². The average Bonchev–Trinajstić information content (AvgIpc) is 2.87. The first-order valence-corrected chi connectivity index (χ1v) is 6.96. The van der Waals surface area contributed by atoms with E-state index in [2.05, 4.69) is 20.4 Å². The number of aryl methyl sites for hydroxylation is 1. The van der Waals surface area contributed by atoms with Gasteiger partial charge < -0.3 is 20.3 Å². The van der Waals surface area contributed by atoms with Gasteiger partial charge in [-0.2, -0.15) is 4.98 Å². The van der Waals surface area contributed by atoms with Crippen molar-refractivity contribution in [3.8, 4) is 0 Å². The lowest BCUT2D eigenvalue weighted by Crippen LogP contribution is -2.69. The highest BCUT2D eigenvalue weighted by molar-refractivity contribution is 5.87. The maximum Gasteiger partial charge on any atom is 0.263 e. The van der Waals surface area contributed by atoms with Crippen molar-refractivity contribution in [2.75, 3.05) is 11.9 Å². The van der Waals surface area contributed by atoms with Crippen LogP contribution in [0.2, 0.25) is 0 Å². The molecule has 7 heteroatoms. The van der Waals surface area contributed by atoms with Gasteiger partial charge in [0.05, 0.1) is 17.8 Å². The van der Waals surface area contributed by atoms with Crippen LogP contribution in [0.4, 0.5) is 5.82 Å². The third-order valence-corrected chi connectivity index (χ3v) is 4.42. The Morgan fingerprint density at radius 1 is 1.40 bits per heavy atom. The van der Waals surface area contributed by atoms with E-state index in [4.69, 9.17) is 15.0 Å². The third kappa shape index (κ3) is 1.63. The van der Waals surface area contributed by atoms with Crippen LogP contribution in [-0.4, -0.2) is 39.9 Å². The highest BCUT2D eigenvalue weighted by Crippen LogP contribution is 2.39. The Kier molecular flexibility index (Phi) is 2.64. The van der Waals surface area contributed by atoms with Gasteiger partial charge in [0.1, 0.15) is 17.5 Å². The monoisotopic (exact) mass is 275 g/mol. The highest BCUT2D eigenvalue weighted by atomic mass is 16.5. The summed E-state index contributed by atoms with van der Waals surface area (Å²) in [7, 11) is 0. The summed E-state index contributed by atoms with van der Waals surface area (Å²) in [5.41, 5.74) is 7.53. The van der Waals surface area contributed by atoms with Crippen LogP contribution in [0.5, 0.6) is 0 Å². The Hall–Kier alpha value is -1.73. The number of rotatable bonds is 2. The molecule has 7 nitrogen and oxygen atoms in total. The molecular formula is C13H17N5O2. The van der Waals surface area contributed by atoms with Crippen molar-refractivity contribution in [2.45, 2.75) is 38.0 Å². The van der Waals surface area contributed by atoms with Gasteiger partial charge in [-0.1, -0.05) is 5.16 Å². The zero-order valence-corrected chi connectivity index (χ0v) is 11.2. The second-order valence-electron chi connectivity index (χ2n) is 5.56. The van der Waals surface area contributed by atoms with Crippen molar-refractivity contribution in [1.82, 2.24) is 15.1 Å². The number of hydrogen-bond donors (Lipinski definition) is 2. The van der Waals surface area contributed by atoms with Gasteiger partial charge >= 0.3 is 0 Å². The fourth-order valence-corrected chi connectivity index (χ4v) is 3.32. The van der Waals surface area contributed by atoms with Gasteiger partial charge in [-0.15, -0.1) is 0 Å². The zero-order valence-electron chi connectivity index (χ0n) is 11.2. The van der Waals surface area contributed by atoms with Gasteiger partial charge in [0.15, 0.2) is 0 Å². The van der Waals surface area contributed by atoms with Crippen LogP contribution in [0.15, 0.2) is 10.9 Å². The predicted molar refractivity (Wildman–Crippen MR) is 72.2 cm³/mol. The quantitative estimate of drug-likeness (QED) is 0.837. The molecule has 20 heavy (non-hydrogen) atoms. The van der Waals surface area contributed by atoms with Crippen molar-refractivity contribution in [2.24, 2.45) is 11.7 Å². The number of nitrogens with one attached hydrogen (secondary N) is 1. The van der Waals surface area contributed by atoms with E-state index >= 15 is 0 Å². The van der Waals surface area contributed by atoms with Crippen LogP contribution in [-0.2, 0) is 4.74 Å². The van der Waals surface area contributed by atoms with Crippen molar-refractivity contribution < 1.29 is 9.26 Å². The first-order chi connectivity index (χ1) is 9.75. The molecule has 0 aromatic carbocycles. The lowest BCUT2D eigenvalue weighted by molar-refractivity contribution is -0.104. The summed E-state index contributed by atoms with van der Waals surface area (Å²) in [6.45, 7) is 2.69. The van der Waals surface area contributed by atoms with E-state index in [1.54, 1.807) is 0 Å². The molecule has 0 radical (unpaired) electrons. The standard InChI is InChI=1S/C13H17N5O2/c1-6-8-12(15-5-16-13(8)20-18-6)17-10-9(14)7-3-2-4-19-11(7)10/h5,7,9-11H,2-4,14H2,1H3,(H,15,16,17). The van der Waals surface area contributed by atoms with E-state index in [9.17, 15) is 0 Å². The number of hydrogen-bond acceptors (Lipinski definition) is 7. The molecule has 106 valence electrons. The summed E-state index contributed by atoms with van der Waals surface area (Å²) in [6.07, 6.45) is 3.90. The van der Waals surface area contributed by atoms with Gasteiger partial charge in [0.25, 0.3) is 5.71 Å². The topological polar surface area (TPSA) is 99.1 Å². The van der Waals surface area contributed by atoms with Crippen LogP contribution >= 0.6 is 0 Å². The molecule has 2 aliphatic rings. The lowest BCUT2D eigenvalue weighted by Gasteiger charge is -2.52. The first kappa shape index (κ1) is 12.0. The van der Waals surface area contributed by atoms with E-state index < -0.39 is 0 Å². The zero-order chi connectivity index (χ0) is 13.7. The molecule has 0 amide bonds. The molecule has 1 saturated heterocycles. The van der Waals surface area contributed by atoms with Gasteiger partial charge in [0.2, 0.25) is 0 Å². The second kappa shape index (κ2) is 4.39. The first-order valence-electron chi connectivity index (χ1n) is 6.96. The Morgan fingerprint density at radius 2 is 2.30 bits per heavy atom. The number of anilines is 1. The Balaban J connectivity index is 1.63. The number of aromatic nitrogens is 3. The fraction of sp³-hybridized carbons (Fsp3) is 0.615. The predicted octanol–water partition coefficient (Wildman–Crippen LogP) is 0.843. The maximum atomic E-state index is 6.26. The van der Waals surface area contributed by atoms with Crippen LogP contribution in [0.25, 0.3) is 11.1 Å². The van der Waals surface area contributed by atoms with E-state index in [1.165, 1.54) is 6.33 Å². The normalized spacial score (nSPS) is 32.7. The van der Waals surface area contributed by atoms with Crippen LogP contribution in [0.3, 0.4) is 0 Å². The van der Waals surface area contributed by atoms with Crippen LogP contribution in [0.1, 0.15) is 18.5 Å². The molecule has 0 spiro atoms. The van der Waals surface area contributed by atoms with Crippen molar-refractivity contribution in [3.63, 3.8) is 0 Å². The van der Waals surface area contributed by atoms with Crippen LogP contribution in [0, 0.1) is 12.8 Å².